The Bertz CT molecular complexity index is 1480. The smallest absolute Gasteiger partial charge is 0.450 e. The van der Waals surface area contributed by atoms with Crippen molar-refractivity contribution >= 4 is 34.2 Å². The summed E-state index contributed by atoms with van der Waals surface area (Å²) in [7, 11) is 0. The second kappa shape index (κ2) is 8.64. The SMILES string of the molecule is O=C(Oc1ccc2c(=O)c(-c3ccc(Cl)cc3)c(C(F)(F)F)oc2c1)c1ccc([N+](=O)[O-])cc1. The lowest BCUT2D eigenvalue weighted by atomic mass is 10.0. The van der Waals surface area contributed by atoms with Gasteiger partial charge in [-0.2, -0.15) is 13.2 Å². The molecule has 7 nitrogen and oxygen atoms in total. The summed E-state index contributed by atoms with van der Waals surface area (Å²) < 4.78 is 51.5. The van der Waals surface area contributed by atoms with Gasteiger partial charge >= 0.3 is 12.1 Å². The van der Waals surface area contributed by atoms with Gasteiger partial charge in [-0.05, 0) is 42.0 Å². The number of carbonyl (C=O) groups is 1. The number of carbonyl (C=O) groups excluding carboxylic acids is 1. The van der Waals surface area contributed by atoms with Crippen LogP contribution < -0.4 is 10.2 Å². The molecule has 34 heavy (non-hydrogen) atoms. The number of alkyl halides is 3. The van der Waals surface area contributed by atoms with E-state index in [4.69, 9.17) is 20.8 Å². The van der Waals surface area contributed by atoms with Gasteiger partial charge in [0.1, 0.15) is 11.3 Å². The summed E-state index contributed by atoms with van der Waals surface area (Å²) in [6.07, 6.45) is -4.99. The number of ether oxygens (including phenoxy) is 1. The molecule has 11 heteroatoms. The molecule has 0 unspecified atom stereocenters. The van der Waals surface area contributed by atoms with Crippen molar-refractivity contribution < 1.29 is 32.0 Å². The Hall–Kier alpha value is -4.18. The Morgan fingerprint density at radius 2 is 1.65 bits per heavy atom. The number of non-ortho nitro benzene ring substituents is 1. The molecule has 0 saturated heterocycles. The lowest BCUT2D eigenvalue weighted by molar-refractivity contribution is -0.384. The number of halogens is 4. The number of benzene rings is 3. The quantitative estimate of drug-likeness (QED) is 0.145. The predicted molar refractivity (Wildman–Crippen MR) is 116 cm³/mol. The molecular formula is C23H11ClF3NO6. The maximum absolute atomic E-state index is 13.8. The number of hydrogen-bond acceptors (Lipinski definition) is 6. The van der Waals surface area contributed by atoms with Gasteiger partial charge in [-0.15, -0.1) is 0 Å². The summed E-state index contributed by atoms with van der Waals surface area (Å²) >= 11 is 5.79. The monoisotopic (exact) mass is 489 g/mol. The molecule has 3 aromatic carbocycles. The maximum atomic E-state index is 13.8. The van der Waals surface area contributed by atoms with Crippen molar-refractivity contribution in [2.24, 2.45) is 0 Å². The van der Waals surface area contributed by atoms with E-state index < -0.39 is 39.4 Å². The minimum Gasteiger partial charge on any atom is -0.450 e. The summed E-state index contributed by atoms with van der Waals surface area (Å²) in [6.45, 7) is 0. The topological polar surface area (TPSA) is 99.7 Å². The van der Waals surface area contributed by atoms with Gasteiger partial charge in [0.2, 0.25) is 11.2 Å². The molecule has 1 heterocycles. The van der Waals surface area contributed by atoms with Crippen molar-refractivity contribution in [3.63, 3.8) is 0 Å². The highest BCUT2D eigenvalue weighted by atomic mass is 35.5. The minimum absolute atomic E-state index is 0.0267. The Kier molecular flexibility index (Phi) is 5.84. The van der Waals surface area contributed by atoms with Gasteiger partial charge < -0.3 is 9.15 Å². The van der Waals surface area contributed by atoms with Crippen LogP contribution in [0.4, 0.5) is 18.9 Å². The van der Waals surface area contributed by atoms with Crippen LogP contribution in [0.1, 0.15) is 16.1 Å². The van der Waals surface area contributed by atoms with Gasteiger partial charge in [-0.1, -0.05) is 23.7 Å². The zero-order valence-electron chi connectivity index (χ0n) is 16.8. The number of nitro groups is 1. The molecule has 172 valence electrons. The van der Waals surface area contributed by atoms with Crippen LogP contribution in [0.15, 0.2) is 75.9 Å². The first kappa shape index (κ1) is 23.0. The van der Waals surface area contributed by atoms with Crippen molar-refractivity contribution in [3.8, 4) is 16.9 Å². The van der Waals surface area contributed by atoms with Crippen molar-refractivity contribution in [2.75, 3.05) is 0 Å². The van der Waals surface area contributed by atoms with E-state index in [9.17, 15) is 32.9 Å². The Balaban J connectivity index is 1.76. The van der Waals surface area contributed by atoms with Crippen molar-refractivity contribution in [1.29, 1.82) is 0 Å². The molecule has 0 saturated carbocycles. The third-order valence-corrected chi connectivity index (χ3v) is 5.03. The Labute approximate surface area is 193 Å². The lowest BCUT2D eigenvalue weighted by Gasteiger charge is -2.13. The van der Waals surface area contributed by atoms with Crippen LogP contribution in [-0.4, -0.2) is 10.9 Å². The first-order valence-corrected chi connectivity index (χ1v) is 9.83. The molecule has 0 N–H and O–H groups in total. The van der Waals surface area contributed by atoms with Crippen molar-refractivity contribution in [2.45, 2.75) is 6.18 Å². The maximum Gasteiger partial charge on any atom is 0.450 e. The summed E-state index contributed by atoms with van der Waals surface area (Å²) in [5, 5.41) is 10.8. The molecule has 1 aromatic heterocycles. The molecule has 4 aromatic rings. The van der Waals surface area contributed by atoms with Crippen LogP contribution in [0, 0.1) is 10.1 Å². The third kappa shape index (κ3) is 4.48. The zero-order chi connectivity index (χ0) is 24.6. The molecule has 0 aliphatic carbocycles. The molecular weight excluding hydrogens is 479 g/mol. The second-order valence-electron chi connectivity index (χ2n) is 6.99. The van der Waals surface area contributed by atoms with E-state index in [2.05, 4.69) is 0 Å². The molecule has 0 amide bonds. The van der Waals surface area contributed by atoms with Crippen LogP contribution >= 0.6 is 11.6 Å². The van der Waals surface area contributed by atoms with Crippen LogP contribution in [0.3, 0.4) is 0 Å². The van der Waals surface area contributed by atoms with E-state index in [1.54, 1.807) is 0 Å². The van der Waals surface area contributed by atoms with Crippen LogP contribution in [0.2, 0.25) is 5.02 Å². The lowest BCUT2D eigenvalue weighted by Crippen LogP contribution is -2.16. The average Bonchev–Trinajstić information content (AvgIpc) is 2.79. The van der Waals surface area contributed by atoms with Gasteiger partial charge in [0.05, 0.1) is 21.4 Å². The molecule has 0 bridgehead atoms. The highest BCUT2D eigenvalue weighted by Gasteiger charge is 2.39. The van der Waals surface area contributed by atoms with E-state index in [1.165, 1.54) is 48.5 Å². The number of hydrogen-bond donors (Lipinski definition) is 0. The first-order chi connectivity index (χ1) is 16.0. The van der Waals surface area contributed by atoms with Crippen LogP contribution in [-0.2, 0) is 6.18 Å². The van der Waals surface area contributed by atoms with Gasteiger partial charge in [0.15, 0.2) is 0 Å². The molecule has 0 radical (unpaired) electrons. The number of nitrogens with zero attached hydrogens (tertiary/aromatic N) is 1. The average molecular weight is 490 g/mol. The minimum atomic E-state index is -4.99. The second-order valence-corrected chi connectivity index (χ2v) is 7.43. The third-order valence-electron chi connectivity index (χ3n) is 4.78. The van der Waals surface area contributed by atoms with Crippen molar-refractivity contribution in [3.05, 3.63) is 103 Å². The van der Waals surface area contributed by atoms with Crippen LogP contribution in [0.5, 0.6) is 5.75 Å². The number of nitro benzene ring substituents is 1. The van der Waals surface area contributed by atoms with Gasteiger partial charge in [-0.25, -0.2) is 4.79 Å². The van der Waals surface area contributed by atoms with Gasteiger partial charge in [-0.3, -0.25) is 14.9 Å². The fourth-order valence-electron chi connectivity index (χ4n) is 3.20. The predicted octanol–water partition coefficient (Wildman–Crippen LogP) is 6.26. The zero-order valence-corrected chi connectivity index (χ0v) is 17.5. The fourth-order valence-corrected chi connectivity index (χ4v) is 3.33. The highest BCUT2D eigenvalue weighted by molar-refractivity contribution is 6.30. The largest absolute Gasteiger partial charge is 0.450 e. The molecule has 0 aliphatic rings. The van der Waals surface area contributed by atoms with Gasteiger partial charge in [0, 0.05) is 23.2 Å². The van der Waals surface area contributed by atoms with E-state index in [0.717, 1.165) is 18.2 Å². The molecule has 0 fully saturated rings. The summed E-state index contributed by atoms with van der Waals surface area (Å²) in [4.78, 5) is 35.4. The number of fused-ring (bicyclic) bond motifs is 1. The normalized spacial score (nSPS) is 11.4. The van der Waals surface area contributed by atoms with E-state index >= 15 is 0 Å². The fraction of sp³-hybridized carbons (Fsp3) is 0.0435. The Morgan fingerprint density at radius 3 is 2.24 bits per heavy atom. The number of rotatable bonds is 4. The number of esters is 1. The van der Waals surface area contributed by atoms with E-state index in [-0.39, 0.29) is 33.0 Å². The Morgan fingerprint density at radius 1 is 1.00 bits per heavy atom. The first-order valence-electron chi connectivity index (χ1n) is 9.45. The molecule has 0 spiro atoms. The molecule has 0 atom stereocenters. The van der Waals surface area contributed by atoms with Crippen molar-refractivity contribution in [1.82, 2.24) is 0 Å². The van der Waals surface area contributed by atoms with Crippen LogP contribution in [0.25, 0.3) is 22.1 Å². The van der Waals surface area contributed by atoms with E-state index in [1.807, 2.05) is 0 Å². The molecule has 4 rings (SSSR count). The molecule has 0 aliphatic heterocycles. The summed E-state index contributed by atoms with van der Waals surface area (Å²) in [5.74, 6) is -2.61. The van der Waals surface area contributed by atoms with Gasteiger partial charge in [0.25, 0.3) is 5.69 Å². The standard InChI is InChI=1S/C23H11ClF3NO6/c24-14-5-1-12(2-6-14)19-20(29)17-10-9-16(11-18(17)34-21(19)23(25,26)27)33-22(30)13-3-7-15(8-4-13)28(31)32/h1-11H. The summed E-state index contributed by atoms with van der Waals surface area (Å²) in [6, 6.07) is 13.2. The highest BCUT2D eigenvalue weighted by Crippen LogP contribution is 2.38. The van der Waals surface area contributed by atoms with E-state index in [0.29, 0.717) is 0 Å². The summed E-state index contributed by atoms with van der Waals surface area (Å²) in [5.41, 5.74) is -2.33.